The monoisotopic (exact) mass is 528 g/mol. The number of hydrogen-bond acceptors (Lipinski definition) is 5. The van der Waals surface area contributed by atoms with Gasteiger partial charge in [-0.2, -0.15) is 0 Å². The number of rotatable bonds is 6. The van der Waals surface area contributed by atoms with E-state index in [9.17, 15) is 17.6 Å². The Morgan fingerprint density at radius 2 is 1.68 bits per heavy atom. The second-order valence-corrected chi connectivity index (χ2v) is 12.3. The summed E-state index contributed by atoms with van der Waals surface area (Å²) in [6, 6.07) is 9.78. The van der Waals surface area contributed by atoms with Crippen LogP contribution in [0.3, 0.4) is 0 Å². The van der Waals surface area contributed by atoms with Gasteiger partial charge in [0.15, 0.2) is 15.4 Å². The second kappa shape index (κ2) is 9.21. The van der Waals surface area contributed by atoms with Crippen LogP contribution in [0, 0.1) is 5.82 Å². The number of benzene rings is 2. The van der Waals surface area contributed by atoms with E-state index in [0.717, 1.165) is 37.4 Å². The summed E-state index contributed by atoms with van der Waals surface area (Å²) in [5, 5.41) is 3.10. The molecule has 1 amide bonds. The molecule has 0 aromatic heterocycles. The lowest BCUT2D eigenvalue weighted by Crippen LogP contribution is -2.55. The van der Waals surface area contributed by atoms with Gasteiger partial charge in [-0.25, -0.2) is 12.8 Å². The van der Waals surface area contributed by atoms with Gasteiger partial charge in [-0.05, 0) is 69.9 Å². The molecule has 0 aliphatic carbocycles. The fraction of sp³-hybridized carbons (Fsp3) is 0.458. The number of nitrogens with zero attached hydrogens (tertiary/aromatic N) is 1. The van der Waals surface area contributed by atoms with Gasteiger partial charge in [0.2, 0.25) is 0 Å². The molecule has 2 bridgehead atoms. The normalized spacial score (nSPS) is 22.5. The van der Waals surface area contributed by atoms with Crippen molar-refractivity contribution >= 4 is 44.6 Å². The number of piperidine rings is 1. The van der Waals surface area contributed by atoms with Crippen LogP contribution in [0.25, 0.3) is 0 Å². The highest BCUT2D eigenvalue weighted by Gasteiger charge is 2.42. The number of hydrogen-bond donors (Lipinski definition) is 1. The second-order valence-electron chi connectivity index (χ2n) is 9.51. The number of sulfone groups is 1. The van der Waals surface area contributed by atoms with Crippen molar-refractivity contribution in [2.75, 3.05) is 11.2 Å². The summed E-state index contributed by atoms with van der Waals surface area (Å²) >= 11 is 11.9. The molecular weight excluding hydrogens is 502 g/mol. The van der Waals surface area contributed by atoms with E-state index >= 15 is 0 Å². The Labute approximate surface area is 209 Å². The van der Waals surface area contributed by atoms with E-state index in [0.29, 0.717) is 4.90 Å². The molecule has 2 fully saturated rings. The van der Waals surface area contributed by atoms with E-state index in [1.54, 1.807) is 26.0 Å². The van der Waals surface area contributed by atoms with Crippen molar-refractivity contribution in [1.29, 1.82) is 0 Å². The maximum atomic E-state index is 13.9. The lowest BCUT2D eigenvalue weighted by Gasteiger charge is -2.41. The predicted octanol–water partition coefficient (Wildman–Crippen LogP) is 5.01. The first kappa shape index (κ1) is 25.1. The van der Waals surface area contributed by atoms with Crippen molar-refractivity contribution in [1.82, 2.24) is 5.32 Å². The maximum Gasteiger partial charge on any atom is 0.263 e. The largest absolute Gasteiger partial charge is 0.476 e. The molecule has 3 atom stereocenters. The molecule has 2 heterocycles. The van der Waals surface area contributed by atoms with Gasteiger partial charge in [0, 0.05) is 36.1 Å². The molecule has 4 rings (SSSR count). The van der Waals surface area contributed by atoms with Crippen molar-refractivity contribution in [3.8, 4) is 5.75 Å². The van der Waals surface area contributed by atoms with Gasteiger partial charge in [0.05, 0.1) is 14.9 Å². The number of nitrogens with one attached hydrogen (secondary N) is 1. The Balaban J connectivity index is 1.42. The summed E-state index contributed by atoms with van der Waals surface area (Å²) in [6.07, 6.45) is 4.74. The Morgan fingerprint density at radius 1 is 1.09 bits per heavy atom. The van der Waals surface area contributed by atoms with Crippen molar-refractivity contribution in [3.63, 3.8) is 0 Å². The van der Waals surface area contributed by atoms with Gasteiger partial charge < -0.3 is 15.0 Å². The highest BCUT2D eigenvalue weighted by Crippen LogP contribution is 2.40. The highest BCUT2D eigenvalue weighted by atomic mass is 35.5. The van der Waals surface area contributed by atoms with E-state index in [-0.39, 0.29) is 39.8 Å². The van der Waals surface area contributed by atoms with Crippen LogP contribution in [0.2, 0.25) is 10.0 Å². The maximum absolute atomic E-state index is 13.9. The fourth-order valence-corrected chi connectivity index (χ4v) is 5.90. The minimum absolute atomic E-state index is 0.0307. The number of carbonyl (C=O) groups is 1. The first-order chi connectivity index (χ1) is 15.8. The van der Waals surface area contributed by atoms with Crippen LogP contribution in [0.5, 0.6) is 5.75 Å². The van der Waals surface area contributed by atoms with Crippen molar-refractivity contribution < 1.29 is 22.3 Å². The molecule has 2 aliphatic heterocycles. The van der Waals surface area contributed by atoms with E-state index in [4.69, 9.17) is 27.9 Å². The summed E-state index contributed by atoms with van der Waals surface area (Å²) in [5.41, 5.74) is -0.283. The molecule has 0 radical (unpaired) electrons. The summed E-state index contributed by atoms with van der Waals surface area (Å²) in [6.45, 7) is 3.22. The molecule has 2 aromatic rings. The predicted molar refractivity (Wildman–Crippen MR) is 131 cm³/mol. The molecular formula is C24H27Cl2FN2O4S. The Kier molecular flexibility index (Phi) is 6.79. The number of anilines is 1. The lowest BCUT2D eigenvalue weighted by molar-refractivity contribution is -0.135. The van der Waals surface area contributed by atoms with Crippen LogP contribution in [-0.4, -0.2) is 44.3 Å². The quantitative estimate of drug-likeness (QED) is 0.533. The Morgan fingerprint density at radius 3 is 2.24 bits per heavy atom. The molecule has 34 heavy (non-hydrogen) atoms. The van der Waals surface area contributed by atoms with Gasteiger partial charge in [0.25, 0.3) is 5.91 Å². The van der Waals surface area contributed by atoms with Gasteiger partial charge in [0.1, 0.15) is 11.6 Å². The fourth-order valence-electron chi connectivity index (χ4n) is 4.84. The summed E-state index contributed by atoms with van der Waals surface area (Å²) in [7, 11) is -3.24. The summed E-state index contributed by atoms with van der Waals surface area (Å²) in [4.78, 5) is 15.7. The molecule has 0 spiro atoms. The van der Waals surface area contributed by atoms with E-state index in [1.807, 2.05) is 12.1 Å². The van der Waals surface area contributed by atoms with Crippen LogP contribution < -0.4 is 15.0 Å². The number of fused-ring (bicyclic) bond motifs is 2. The topological polar surface area (TPSA) is 75.7 Å². The highest BCUT2D eigenvalue weighted by molar-refractivity contribution is 7.90. The zero-order valence-electron chi connectivity index (χ0n) is 19.1. The Bertz CT molecular complexity index is 1190. The van der Waals surface area contributed by atoms with Crippen molar-refractivity contribution in [2.24, 2.45) is 0 Å². The van der Waals surface area contributed by atoms with Gasteiger partial charge in [-0.1, -0.05) is 23.2 Å². The van der Waals surface area contributed by atoms with Gasteiger partial charge in [-0.15, -0.1) is 0 Å². The number of amides is 1. The van der Waals surface area contributed by atoms with Crippen LogP contribution in [-0.2, 0) is 14.6 Å². The third-order valence-corrected chi connectivity index (χ3v) is 8.23. The van der Waals surface area contributed by atoms with Crippen LogP contribution in [0.4, 0.5) is 10.1 Å². The van der Waals surface area contributed by atoms with E-state index in [2.05, 4.69) is 10.2 Å². The Hall–Kier alpha value is -2.03. The van der Waals surface area contributed by atoms with Gasteiger partial charge in [-0.3, -0.25) is 4.79 Å². The first-order valence-corrected chi connectivity index (χ1v) is 13.7. The van der Waals surface area contributed by atoms with E-state index < -0.39 is 21.3 Å². The molecule has 184 valence electrons. The minimum Gasteiger partial charge on any atom is -0.476 e. The lowest BCUT2D eigenvalue weighted by atomic mass is 9.95. The number of carbonyl (C=O) groups excluding carboxylic acids is 1. The summed E-state index contributed by atoms with van der Waals surface area (Å²) < 4.78 is 43.1. The summed E-state index contributed by atoms with van der Waals surface area (Å²) in [5.74, 6) is -0.934. The average Bonchev–Trinajstić information content (AvgIpc) is 3.01. The molecule has 2 aromatic carbocycles. The molecule has 0 saturated carbocycles. The zero-order valence-corrected chi connectivity index (χ0v) is 21.5. The van der Waals surface area contributed by atoms with Gasteiger partial charge >= 0.3 is 0 Å². The minimum atomic E-state index is -3.24. The molecule has 1 N–H and O–H groups in total. The zero-order chi connectivity index (χ0) is 24.8. The third kappa shape index (κ3) is 5.14. The van der Waals surface area contributed by atoms with Crippen LogP contribution in [0.1, 0.15) is 39.5 Å². The van der Waals surface area contributed by atoms with Crippen LogP contribution in [0.15, 0.2) is 41.3 Å². The first-order valence-electron chi connectivity index (χ1n) is 11.1. The number of halogens is 3. The van der Waals surface area contributed by atoms with Crippen LogP contribution >= 0.6 is 23.2 Å². The molecule has 6 nitrogen and oxygen atoms in total. The SMILES string of the molecule is CC(C)(Oc1cc(F)c(Cl)cc1Cl)C(=O)N[C@H]1C[C@H]2CC[C@@H](C1)N2c1ccc(S(C)(=O)=O)cc1. The number of ether oxygens (including phenoxy) is 1. The van der Waals surface area contributed by atoms with Crippen molar-refractivity contribution in [2.45, 2.75) is 68.2 Å². The van der Waals surface area contributed by atoms with E-state index in [1.165, 1.54) is 12.3 Å². The van der Waals surface area contributed by atoms with Crippen molar-refractivity contribution in [3.05, 3.63) is 52.3 Å². The standard InChI is InChI=1S/C24H27Cl2FN2O4S/c1-24(2,33-22-13-21(27)19(25)12-20(22)26)23(30)28-14-10-16-4-5-17(11-14)29(16)15-6-8-18(9-7-15)34(3,31)32/h6-9,12-14,16-17H,4-5,10-11H2,1-3H3,(H,28,30)/t14-,16+,17-. The smallest absolute Gasteiger partial charge is 0.263 e. The molecule has 10 heteroatoms. The molecule has 2 saturated heterocycles. The average molecular weight is 529 g/mol. The molecule has 0 unspecified atom stereocenters. The molecule has 2 aliphatic rings. The third-order valence-electron chi connectivity index (χ3n) is 6.52.